The summed E-state index contributed by atoms with van der Waals surface area (Å²) in [7, 11) is 0. The number of H-pyrrole nitrogens is 2. The number of hydrogen-bond donors (Lipinski definition) is 3. The van der Waals surface area contributed by atoms with Gasteiger partial charge in [0.05, 0.1) is 15.5 Å². The van der Waals surface area contributed by atoms with Crippen molar-refractivity contribution in [1.82, 2.24) is 9.97 Å². The lowest BCUT2D eigenvalue weighted by Crippen LogP contribution is -1.94. The van der Waals surface area contributed by atoms with Crippen molar-refractivity contribution in [2.45, 2.75) is 6.92 Å². The van der Waals surface area contributed by atoms with E-state index in [1.807, 2.05) is 0 Å². The number of aromatic carboxylic acids is 1. The Hall–Kier alpha value is -4.54. The highest BCUT2D eigenvalue weighted by atomic mass is 16.6. The molecular weight excluding hydrogens is 396 g/mol. The van der Waals surface area contributed by atoms with E-state index in [4.69, 9.17) is 5.11 Å². The van der Waals surface area contributed by atoms with Gasteiger partial charge in [-0.25, -0.2) is 4.79 Å². The van der Waals surface area contributed by atoms with Crippen molar-refractivity contribution < 1.29 is 24.5 Å². The van der Waals surface area contributed by atoms with Crippen LogP contribution < -0.4 is 0 Å². The van der Waals surface area contributed by atoms with Crippen molar-refractivity contribution in [2.24, 2.45) is 0 Å². The smallest absolute Gasteiger partial charge is 0.352 e. The summed E-state index contributed by atoms with van der Waals surface area (Å²) >= 11 is 0. The molecule has 11 nitrogen and oxygen atoms in total. The fraction of sp³-hybridized carbons (Fsp3) is 0.0526. The van der Waals surface area contributed by atoms with E-state index in [0.717, 1.165) is 5.52 Å². The molecule has 0 aliphatic rings. The first-order valence-corrected chi connectivity index (χ1v) is 8.44. The van der Waals surface area contributed by atoms with Crippen molar-refractivity contribution in [3.05, 3.63) is 80.1 Å². The standard InChI is InChI=1S/C10H8N2O3.C9H6N2O4/c1-6(13)10-5-7-4-8(12(14)15)2-3-9(7)11-10;12-9(13)8-4-5-3-6(11(14)15)1-2-7(5)10-8/h2-5,11H,1H3;1-4,10H,(H,12,13). The molecule has 30 heavy (non-hydrogen) atoms. The van der Waals surface area contributed by atoms with Gasteiger partial charge in [0.15, 0.2) is 5.78 Å². The van der Waals surface area contributed by atoms with Crippen LogP contribution in [0.5, 0.6) is 0 Å². The lowest BCUT2D eigenvalue weighted by molar-refractivity contribution is -0.384. The summed E-state index contributed by atoms with van der Waals surface area (Å²) in [5.41, 5.74) is 1.75. The fourth-order valence-corrected chi connectivity index (χ4v) is 2.77. The summed E-state index contributed by atoms with van der Waals surface area (Å²) in [5, 5.41) is 30.9. The van der Waals surface area contributed by atoms with Gasteiger partial charge in [-0.15, -0.1) is 0 Å². The zero-order valence-corrected chi connectivity index (χ0v) is 15.4. The van der Waals surface area contributed by atoms with E-state index < -0.39 is 15.8 Å². The minimum Gasteiger partial charge on any atom is -0.477 e. The van der Waals surface area contributed by atoms with Crippen LogP contribution in [0.25, 0.3) is 21.8 Å². The topological polar surface area (TPSA) is 172 Å². The highest BCUT2D eigenvalue weighted by molar-refractivity contribution is 5.98. The number of nitrogens with one attached hydrogen (secondary N) is 2. The molecule has 0 saturated carbocycles. The number of hydrogen-bond acceptors (Lipinski definition) is 6. The van der Waals surface area contributed by atoms with Crippen LogP contribution in [0.2, 0.25) is 0 Å². The second-order valence-electron chi connectivity index (χ2n) is 6.28. The van der Waals surface area contributed by atoms with Crippen LogP contribution in [0.1, 0.15) is 27.9 Å². The first-order chi connectivity index (χ1) is 14.2. The molecule has 0 unspecified atom stereocenters. The third kappa shape index (κ3) is 4.14. The van der Waals surface area contributed by atoms with Gasteiger partial charge < -0.3 is 15.1 Å². The van der Waals surface area contributed by atoms with Gasteiger partial charge in [-0.3, -0.25) is 25.0 Å². The van der Waals surface area contributed by atoms with Gasteiger partial charge in [0.1, 0.15) is 5.69 Å². The Labute approximate surface area is 167 Å². The van der Waals surface area contributed by atoms with Gasteiger partial charge in [0.25, 0.3) is 11.4 Å². The number of fused-ring (bicyclic) bond motifs is 2. The number of benzene rings is 2. The Morgan fingerprint density at radius 1 is 0.800 bits per heavy atom. The normalized spacial score (nSPS) is 10.4. The minimum atomic E-state index is -1.09. The van der Waals surface area contributed by atoms with E-state index in [0.29, 0.717) is 22.0 Å². The minimum absolute atomic E-state index is 0.0190. The summed E-state index contributed by atoms with van der Waals surface area (Å²) in [4.78, 5) is 47.2. The van der Waals surface area contributed by atoms with Crippen molar-refractivity contribution in [3.63, 3.8) is 0 Å². The second-order valence-corrected chi connectivity index (χ2v) is 6.28. The number of ketones is 1. The number of Topliss-reactive ketones (excluding diaryl/α,β-unsaturated/α-hetero) is 1. The zero-order chi connectivity index (χ0) is 22.0. The van der Waals surface area contributed by atoms with E-state index in [-0.39, 0.29) is 22.9 Å². The monoisotopic (exact) mass is 410 g/mol. The average Bonchev–Trinajstić information content (AvgIpc) is 3.31. The molecular formula is C19H14N4O7. The molecule has 0 amide bonds. The lowest BCUT2D eigenvalue weighted by Gasteiger charge is -1.90. The van der Waals surface area contributed by atoms with E-state index >= 15 is 0 Å². The van der Waals surface area contributed by atoms with Crippen molar-refractivity contribution in [1.29, 1.82) is 0 Å². The number of rotatable bonds is 4. The molecule has 0 aliphatic carbocycles. The second kappa shape index (κ2) is 7.83. The molecule has 11 heteroatoms. The maximum atomic E-state index is 11.1. The largest absolute Gasteiger partial charge is 0.477 e. The number of non-ortho nitro benzene ring substituents is 2. The zero-order valence-electron chi connectivity index (χ0n) is 15.4. The third-order valence-electron chi connectivity index (χ3n) is 4.24. The molecule has 0 fully saturated rings. The summed E-state index contributed by atoms with van der Waals surface area (Å²) < 4.78 is 0. The van der Waals surface area contributed by atoms with Gasteiger partial charge in [-0.2, -0.15) is 0 Å². The molecule has 4 rings (SSSR count). The Bertz CT molecular complexity index is 1190. The van der Waals surface area contributed by atoms with Gasteiger partial charge in [0, 0.05) is 53.0 Å². The van der Waals surface area contributed by atoms with Gasteiger partial charge in [0.2, 0.25) is 0 Å². The van der Waals surface area contributed by atoms with Crippen LogP contribution in [-0.2, 0) is 0 Å². The van der Waals surface area contributed by atoms with E-state index in [9.17, 15) is 29.8 Å². The predicted octanol–water partition coefficient (Wildman–Crippen LogP) is 4.05. The molecule has 0 atom stereocenters. The van der Waals surface area contributed by atoms with Crippen LogP contribution in [0, 0.1) is 20.2 Å². The summed E-state index contributed by atoms with van der Waals surface area (Å²) in [6.07, 6.45) is 0. The Morgan fingerprint density at radius 2 is 1.23 bits per heavy atom. The lowest BCUT2D eigenvalue weighted by atomic mass is 10.2. The van der Waals surface area contributed by atoms with Crippen LogP contribution in [-0.4, -0.2) is 36.7 Å². The highest BCUT2D eigenvalue weighted by Crippen LogP contribution is 2.22. The van der Waals surface area contributed by atoms with Gasteiger partial charge in [-0.1, -0.05) is 0 Å². The van der Waals surface area contributed by atoms with Crippen molar-refractivity contribution in [3.8, 4) is 0 Å². The molecule has 2 aromatic carbocycles. The third-order valence-corrected chi connectivity index (χ3v) is 4.24. The number of carbonyl (C=O) groups is 2. The Kier molecular flexibility index (Phi) is 5.27. The molecule has 0 radical (unpaired) electrons. The Balaban J connectivity index is 0.000000171. The number of carboxylic acids is 1. The molecule has 0 bridgehead atoms. The van der Waals surface area contributed by atoms with Crippen LogP contribution in [0.3, 0.4) is 0 Å². The van der Waals surface area contributed by atoms with E-state index in [2.05, 4.69) is 9.97 Å². The average molecular weight is 410 g/mol. The fourth-order valence-electron chi connectivity index (χ4n) is 2.77. The molecule has 4 aromatic rings. The van der Waals surface area contributed by atoms with Crippen LogP contribution >= 0.6 is 0 Å². The van der Waals surface area contributed by atoms with E-state index in [1.165, 1.54) is 43.3 Å². The number of carboxylic acid groups (broad SMARTS) is 1. The summed E-state index contributed by atoms with van der Waals surface area (Å²) in [6, 6.07) is 11.6. The number of carbonyl (C=O) groups excluding carboxylic acids is 1. The first-order valence-electron chi connectivity index (χ1n) is 8.44. The van der Waals surface area contributed by atoms with Gasteiger partial charge >= 0.3 is 5.97 Å². The number of aromatic amines is 2. The maximum Gasteiger partial charge on any atom is 0.352 e. The molecule has 0 saturated heterocycles. The number of nitro groups is 2. The molecule has 0 aliphatic heterocycles. The molecule has 2 aromatic heterocycles. The first kappa shape index (κ1) is 20.2. The van der Waals surface area contributed by atoms with Crippen molar-refractivity contribution >= 4 is 44.9 Å². The highest BCUT2D eigenvalue weighted by Gasteiger charge is 2.11. The summed E-state index contributed by atoms with van der Waals surface area (Å²) in [5.74, 6) is -1.18. The molecule has 152 valence electrons. The van der Waals surface area contributed by atoms with Crippen LogP contribution in [0.15, 0.2) is 48.5 Å². The number of nitrogens with zero attached hydrogens (tertiary/aromatic N) is 2. The van der Waals surface area contributed by atoms with E-state index in [1.54, 1.807) is 12.1 Å². The molecule has 3 N–H and O–H groups in total. The van der Waals surface area contributed by atoms with Gasteiger partial charge in [-0.05, 0) is 24.3 Å². The molecule has 0 spiro atoms. The Morgan fingerprint density at radius 3 is 1.63 bits per heavy atom. The number of aromatic nitrogens is 2. The van der Waals surface area contributed by atoms with Crippen molar-refractivity contribution in [2.75, 3.05) is 0 Å². The SMILES string of the molecule is CC(=O)c1cc2cc([N+](=O)[O-])ccc2[nH]1.O=C(O)c1cc2cc([N+](=O)[O-])ccc2[nH]1. The summed E-state index contributed by atoms with van der Waals surface area (Å²) in [6.45, 7) is 1.44. The predicted molar refractivity (Wildman–Crippen MR) is 107 cm³/mol. The number of nitro benzene ring substituents is 2. The molecule has 2 heterocycles. The maximum absolute atomic E-state index is 11.1. The van der Waals surface area contributed by atoms with Crippen LogP contribution in [0.4, 0.5) is 11.4 Å². The quantitative estimate of drug-likeness (QED) is 0.258.